The molecule has 26 heavy (non-hydrogen) atoms. The summed E-state index contributed by atoms with van der Waals surface area (Å²) < 4.78 is 5.60. The van der Waals surface area contributed by atoms with Gasteiger partial charge in [0.25, 0.3) is 5.91 Å². The molecule has 1 saturated heterocycles. The molecule has 1 aromatic heterocycles. The monoisotopic (exact) mass is 373 g/mol. The van der Waals surface area contributed by atoms with Crippen molar-refractivity contribution in [2.75, 3.05) is 18.5 Å². The molecule has 1 amide bonds. The highest BCUT2D eigenvalue weighted by Gasteiger charge is 2.19. The number of anilines is 1. The van der Waals surface area contributed by atoms with Crippen LogP contribution < -0.4 is 10.1 Å². The van der Waals surface area contributed by atoms with Crippen LogP contribution in [0.3, 0.4) is 0 Å². The minimum atomic E-state index is -0.184. The van der Waals surface area contributed by atoms with Crippen LogP contribution in [-0.4, -0.2) is 35.0 Å². The number of thiazole rings is 1. The maximum Gasteiger partial charge on any atom is 0.264 e. The molecule has 1 unspecified atom stereocenters. The number of aryl methyl sites for hydroxylation is 2. The van der Waals surface area contributed by atoms with E-state index in [1.807, 2.05) is 32.2 Å². The van der Waals surface area contributed by atoms with Crippen molar-refractivity contribution in [3.8, 4) is 5.75 Å². The van der Waals surface area contributed by atoms with E-state index in [9.17, 15) is 4.79 Å². The highest BCUT2D eigenvalue weighted by molar-refractivity contribution is 7.15. The molecule has 0 radical (unpaired) electrons. The summed E-state index contributed by atoms with van der Waals surface area (Å²) in [6.07, 6.45) is 5.72. The average molecular weight is 374 g/mol. The maximum atomic E-state index is 12.1. The largest absolute Gasteiger partial charge is 0.484 e. The van der Waals surface area contributed by atoms with Crippen molar-refractivity contribution in [2.24, 2.45) is 0 Å². The number of aromatic nitrogens is 1. The SMILES string of the molecule is Cc1cc(C)cc(OCC(=O)Nc2ncc(CN3CCCCC3C)s2)c1. The number of benzene rings is 1. The molecule has 0 spiro atoms. The topological polar surface area (TPSA) is 54.5 Å². The Labute approximate surface area is 159 Å². The second kappa shape index (κ2) is 8.64. The van der Waals surface area contributed by atoms with Crippen LogP contribution in [0.2, 0.25) is 0 Å². The number of ether oxygens (including phenoxy) is 1. The van der Waals surface area contributed by atoms with Gasteiger partial charge < -0.3 is 4.74 Å². The van der Waals surface area contributed by atoms with Crippen LogP contribution in [0.1, 0.15) is 42.2 Å². The van der Waals surface area contributed by atoms with Gasteiger partial charge in [-0.05, 0) is 63.4 Å². The van der Waals surface area contributed by atoms with E-state index in [0.29, 0.717) is 11.2 Å². The maximum absolute atomic E-state index is 12.1. The van der Waals surface area contributed by atoms with E-state index in [1.165, 1.54) is 24.1 Å². The summed E-state index contributed by atoms with van der Waals surface area (Å²) >= 11 is 1.54. The number of rotatable bonds is 6. The van der Waals surface area contributed by atoms with Gasteiger partial charge in [-0.25, -0.2) is 4.98 Å². The third-order valence-corrected chi connectivity index (χ3v) is 5.56. The molecule has 3 rings (SSSR count). The quantitative estimate of drug-likeness (QED) is 0.826. The molecule has 0 saturated carbocycles. The Balaban J connectivity index is 1.49. The van der Waals surface area contributed by atoms with Gasteiger partial charge in [-0.1, -0.05) is 12.5 Å². The van der Waals surface area contributed by atoms with Crippen molar-refractivity contribution < 1.29 is 9.53 Å². The molecule has 1 fully saturated rings. The average Bonchev–Trinajstić information content (AvgIpc) is 3.01. The fourth-order valence-corrected chi connectivity index (χ4v) is 4.21. The first kappa shape index (κ1) is 18.9. The molecular weight excluding hydrogens is 346 g/mol. The Kier molecular flexibility index (Phi) is 6.27. The van der Waals surface area contributed by atoms with Gasteiger partial charge in [-0.2, -0.15) is 0 Å². The fraction of sp³-hybridized carbons (Fsp3) is 0.500. The zero-order valence-electron chi connectivity index (χ0n) is 15.7. The van der Waals surface area contributed by atoms with E-state index >= 15 is 0 Å². The second-order valence-electron chi connectivity index (χ2n) is 7.11. The van der Waals surface area contributed by atoms with Gasteiger partial charge in [0.15, 0.2) is 11.7 Å². The van der Waals surface area contributed by atoms with Gasteiger partial charge in [0.2, 0.25) is 0 Å². The van der Waals surface area contributed by atoms with Crippen LogP contribution >= 0.6 is 11.3 Å². The zero-order chi connectivity index (χ0) is 18.5. The van der Waals surface area contributed by atoms with Crippen LogP contribution in [0.15, 0.2) is 24.4 Å². The first-order valence-corrected chi connectivity index (χ1v) is 10.0. The van der Waals surface area contributed by atoms with Crippen LogP contribution in [0.5, 0.6) is 5.75 Å². The van der Waals surface area contributed by atoms with Gasteiger partial charge in [0.05, 0.1) is 0 Å². The van der Waals surface area contributed by atoms with Crippen molar-refractivity contribution in [1.82, 2.24) is 9.88 Å². The molecular formula is C20H27N3O2S. The molecule has 1 aliphatic heterocycles. The molecule has 1 N–H and O–H groups in total. The van der Waals surface area contributed by atoms with E-state index in [4.69, 9.17) is 4.74 Å². The highest BCUT2D eigenvalue weighted by Crippen LogP contribution is 2.24. The Morgan fingerprint density at radius 3 is 2.81 bits per heavy atom. The Hall–Kier alpha value is -1.92. The lowest BCUT2D eigenvalue weighted by Gasteiger charge is -2.32. The van der Waals surface area contributed by atoms with Gasteiger partial charge in [-0.15, -0.1) is 11.3 Å². The van der Waals surface area contributed by atoms with Crippen LogP contribution in [0, 0.1) is 13.8 Å². The number of carbonyl (C=O) groups is 1. The van der Waals surface area contributed by atoms with E-state index in [-0.39, 0.29) is 12.5 Å². The summed E-state index contributed by atoms with van der Waals surface area (Å²) in [6.45, 7) is 8.35. The van der Waals surface area contributed by atoms with E-state index in [1.54, 1.807) is 11.3 Å². The van der Waals surface area contributed by atoms with Gasteiger partial charge in [0, 0.05) is 23.7 Å². The number of nitrogens with one attached hydrogen (secondary N) is 1. The summed E-state index contributed by atoms with van der Waals surface area (Å²) in [6, 6.07) is 6.56. The Morgan fingerprint density at radius 1 is 1.31 bits per heavy atom. The zero-order valence-corrected chi connectivity index (χ0v) is 16.6. The Bertz CT molecular complexity index is 739. The number of hydrogen-bond donors (Lipinski definition) is 1. The van der Waals surface area contributed by atoms with E-state index < -0.39 is 0 Å². The first-order valence-electron chi connectivity index (χ1n) is 9.19. The molecule has 1 atom stereocenters. The third kappa shape index (κ3) is 5.29. The lowest BCUT2D eigenvalue weighted by atomic mass is 10.0. The van der Waals surface area contributed by atoms with Gasteiger partial charge in [0.1, 0.15) is 5.75 Å². The number of piperidine rings is 1. The number of nitrogens with zero attached hydrogens (tertiary/aromatic N) is 2. The predicted octanol–water partition coefficient (Wildman–Crippen LogP) is 4.15. The number of carbonyl (C=O) groups excluding carboxylic acids is 1. The lowest BCUT2D eigenvalue weighted by Crippen LogP contribution is -2.36. The van der Waals surface area contributed by atoms with Crippen molar-refractivity contribution in [2.45, 2.75) is 52.6 Å². The van der Waals surface area contributed by atoms with Gasteiger partial charge in [-0.3, -0.25) is 15.0 Å². The molecule has 0 bridgehead atoms. The molecule has 1 aliphatic rings. The normalized spacial score (nSPS) is 17.9. The third-order valence-electron chi connectivity index (χ3n) is 4.66. The molecule has 5 nitrogen and oxygen atoms in total. The van der Waals surface area contributed by atoms with E-state index in [2.05, 4.69) is 28.2 Å². The van der Waals surface area contributed by atoms with Crippen molar-refractivity contribution >= 4 is 22.4 Å². The summed E-state index contributed by atoms with van der Waals surface area (Å²) in [7, 11) is 0. The first-order chi connectivity index (χ1) is 12.5. The van der Waals surface area contributed by atoms with Crippen molar-refractivity contribution in [3.05, 3.63) is 40.4 Å². The van der Waals surface area contributed by atoms with Crippen LogP contribution in [-0.2, 0) is 11.3 Å². The number of hydrogen-bond acceptors (Lipinski definition) is 5. The molecule has 2 aromatic rings. The van der Waals surface area contributed by atoms with Crippen molar-refractivity contribution in [1.29, 1.82) is 0 Å². The van der Waals surface area contributed by atoms with Gasteiger partial charge >= 0.3 is 0 Å². The summed E-state index contributed by atoms with van der Waals surface area (Å²) in [5, 5.41) is 3.47. The minimum absolute atomic E-state index is 0.0129. The standard InChI is InChI=1S/C20H27N3O2S/c1-14-8-15(2)10-17(9-14)25-13-19(24)22-20-21-11-18(26-20)12-23-7-5-4-6-16(23)3/h8-11,16H,4-7,12-13H2,1-3H3,(H,21,22,24). The van der Waals surface area contributed by atoms with Crippen LogP contribution in [0.4, 0.5) is 5.13 Å². The molecule has 0 aliphatic carbocycles. The summed E-state index contributed by atoms with van der Waals surface area (Å²) in [5.41, 5.74) is 2.24. The van der Waals surface area contributed by atoms with Crippen LogP contribution in [0.25, 0.3) is 0 Å². The Morgan fingerprint density at radius 2 is 2.08 bits per heavy atom. The minimum Gasteiger partial charge on any atom is -0.484 e. The fourth-order valence-electron chi connectivity index (χ4n) is 3.35. The highest BCUT2D eigenvalue weighted by atomic mass is 32.1. The molecule has 6 heteroatoms. The predicted molar refractivity (Wildman–Crippen MR) is 106 cm³/mol. The molecule has 2 heterocycles. The number of likely N-dealkylation sites (tertiary alicyclic amines) is 1. The van der Waals surface area contributed by atoms with E-state index in [0.717, 1.165) is 30.0 Å². The summed E-state index contributed by atoms with van der Waals surface area (Å²) in [5.74, 6) is 0.535. The van der Waals surface area contributed by atoms with Crippen molar-refractivity contribution in [3.63, 3.8) is 0 Å². The second-order valence-corrected chi connectivity index (χ2v) is 8.22. The molecule has 1 aromatic carbocycles. The molecule has 140 valence electrons. The summed E-state index contributed by atoms with van der Waals surface area (Å²) in [4.78, 5) is 20.1. The number of amides is 1. The lowest BCUT2D eigenvalue weighted by molar-refractivity contribution is -0.118. The smallest absolute Gasteiger partial charge is 0.264 e.